The van der Waals surface area contributed by atoms with E-state index in [9.17, 15) is 18.0 Å². The molecule has 170 valence electrons. The average molecular weight is 456 g/mol. The third kappa shape index (κ3) is 3.93. The standard InChI is InChI=1S/C24H29N3O4S/c1-4-17-8-7-9-18(14-17)25-22(28)16-27-21-11-10-19(15-20(21)24(2,3)23(27)29)32(30,31)26-12-5-6-13-26/h7-11,14-15H,4-6,12-13,16H2,1-3H3,(H,25,28). The molecule has 0 unspecified atom stereocenters. The van der Waals surface area contributed by atoms with Crippen molar-refractivity contribution in [3.05, 3.63) is 53.6 Å². The molecule has 0 radical (unpaired) electrons. The van der Waals surface area contributed by atoms with Crippen LogP contribution in [0.2, 0.25) is 0 Å². The lowest BCUT2D eigenvalue weighted by molar-refractivity contribution is -0.124. The number of rotatable bonds is 6. The Morgan fingerprint density at radius 1 is 1.09 bits per heavy atom. The molecule has 0 aromatic heterocycles. The summed E-state index contributed by atoms with van der Waals surface area (Å²) in [4.78, 5) is 27.5. The molecule has 8 heteroatoms. The molecule has 0 atom stereocenters. The van der Waals surface area contributed by atoms with Gasteiger partial charge in [-0.2, -0.15) is 4.31 Å². The Bertz CT molecular complexity index is 1170. The number of hydrogen-bond donors (Lipinski definition) is 1. The van der Waals surface area contributed by atoms with Crippen molar-refractivity contribution in [1.82, 2.24) is 4.31 Å². The summed E-state index contributed by atoms with van der Waals surface area (Å²) in [5.41, 5.74) is 2.08. The third-order valence-corrected chi connectivity index (χ3v) is 8.23. The van der Waals surface area contributed by atoms with E-state index in [0.29, 0.717) is 30.0 Å². The Hall–Kier alpha value is -2.71. The van der Waals surface area contributed by atoms with E-state index in [2.05, 4.69) is 5.32 Å². The first-order chi connectivity index (χ1) is 15.1. The molecule has 2 amide bonds. The fourth-order valence-electron chi connectivity index (χ4n) is 4.42. The number of sulfonamides is 1. The summed E-state index contributed by atoms with van der Waals surface area (Å²) in [5, 5.41) is 2.86. The molecule has 1 fully saturated rings. The van der Waals surface area contributed by atoms with Gasteiger partial charge in [-0.3, -0.25) is 9.59 Å². The smallest absolute Gasteiger partial charge is 0.244 e. The van der Waals surface area contributed by atoms with Crippen LogP contribution in [0.1, 0.15) is 44.7 Å². The Balaban J connectivity index is 1.59. The molecule has 0 spiro atoms. The first-order valence-electron chi connectivity index (χ1n) is 11.0. The summed E-state index contributed by atoms with van der Waals surface area (Å²) in [7, 11) is -3.59. The molecule has 2 aliphatic heterocycles. The fourth-order valence-corrected chi connectivity index (χ4v) is 5.97. The molecular formula is C24H29N3O4S. The SMILES string of the molecule is CCc1cccc(NC(=O)CN2C(=O)C(C)(C)c3cc(S(=O)(=O)N4CCCC4)ccc32)c1. The fraction of sp³-hybridized carbons (Fsp3) is 0.417. The molecule has 0 aliphatic carbocycles. The van der Waals surface area contributed by atoms with Gasteiger partial charge in [0.15, 0.2) is 0 Å². The zero-order chi connectivity index (χ0) is 23.1. The van der Waals surface area contributed by atoms with Gasteiger partial charge in [-0.25, -0.2) is 8.42 Å². The molecule has 0 saturated carbocycles. The maximum Gasteiger partial charge on any atom is 0.244 e. The highest BCUT2D eigenvalue weighted by molar-refractivity contribution is 7.89. The minimum atomic E-state index is -3.59. The van der Waals surface area contributed by atoms with E-state index in [1.165, 1.54) is 15.3 Å². The van der Waals surface area contributed by atoms with Crippen LogP contribution in [0, 0.1) is 0 Å². The van der Waals surface area contributed by atoms with Crippen molar-refractivity contribution in [2.45, 2.75) is 50.3 Å². The highest BCUT2D eigenvalue weighted by Gasteiger charge is 2.45. The van der Waals surface area contributed by atoms with E-state index < -0.39 is 15.4 Å². The number of carbonyl (C=O) groups excluding carboxylic acids is 2. The number of amides is 2. The lowest BCUT2D eigenvalue weighted by atomic mass is 9.86. The van der Waals surface area contributed by atoms with Gasteiger partial charge in [0.1, 0.15) is 6.54 Å². The van der Waals surface area contributed by atoms with Crippen LogP contribution >= 0.6 is 0 Å². The lowest BCUT2D eigenvalue weighted by Crippen LogP contribution is -2.40. The number of anilines is 2. The summed E-state index contributed by atoms with van der Waals surface area (Å²) in [5.74, 6) is -0.523. The van der Waals surface area contributed by atoms with Crippen molar-refractivity contribution in [2.24, 2.45) is 0 Å². The van der Waals surface area contributed by atoms with Gasteiger partial charge < -0.3 is 10.2 Å². The number of carbonyl (C=O) groups is 2. The number of fused-ring (bicyclic) bond motifs is 1. The maximum atomic E-state index is 13.2. The number of nitrogens with one attached hydrogen (secondary N) is 1. The van der Waals surface area contributed by atoms with Gasteiger partial charge in [-0.1, -0.05) is 19.1 Å². The van der Waals surface area contributed by atoms with Crippen LogP contribution in [0.25, 0.3) is 0 Å². The van der Waals surface area contributed by atoms with E-state index in [1.807, 2.05) is 31.2 Å². The van der Waals surface area contributed by atoms with Crippen molar-refractivity contribution < 1.29 is 18.0 Å². The lowest BCUT2D eigenvalue weighted by Gasteiger charge is -2.20. The molecule has 0 bridgehead atoms. The van der Waals surface area contributed by atoms with E-state index in [1.54, 1.807) is 26.0 Å². The van der Waals surface area contributed by atoms with Gasteiger partial charge >= 0.3 is 0 Å². The van der Waals surface area contributed by atoms with Crippen molar-refractivity contribution in [2.75, 3.05) is 29.9 Å². The molecular weight excluding hydrogens is 426 g/mol. The monoisotopic (exact) mass is 455 g/mol. The Morgan fingerprint density at radius 3 is 2.50 bits per heavy atom. The second-order valence-electron chi connectivity index (χ2n) is 8.91. The summed E-state index contributed by atoms with van der Waals surface area (Å²) < 4.78 is 27.5. The minimum absolute atomic E-state index is 0.135. The van der Waals surface area contributed by atoms with Crippen LogP contribution in [-0.4, -0.2) is 44.2 Å². The predicted octanol–water partition coefficient (Wildman–Crippen LogP) is 3.30. The largest absolute Gasteiger partial charge is 0.325 e. The van der Waals surface area contributed by atoms with Gasteiger partial charge in [-0.05, 0) is 74.6 Å². The van der Waals surface area contributed by atoms with Crippen molar-refractivity contribution in [3.63, 3.8) is 0 Å². The summed E-state index contributed by atoms with van der Waals surface area (Å²) in [6.07, 6.45) is 2.58. The number of hydrogen-bond acceptors (Lipinski definition) is 4. The Morgan fingerprint density at radius 2 is 1.81 bits per heavy atom. The van der Waals surface area contributed by atoms with E-state index >= 15 is 0 Å². The van der Waals surface area contributed by atoms with E-state index in [-0.39, 0.29) is 23.3 Å². The topological polar surface area (TPSA) is 86.8 Å². The Labute approximate surface area is 189 Å². The zero-order valence-corrected chi connectivity index (χ0v) is 19.5. The Kier molecular flexibility index (Phi) is 5.85. The summed E-state index contributed by atoms with van der Waals surface area (Å²) in [6.45, 7) is 6.48. The van der Waals surface area contributed by atoms with Crippen LogP contribution in [0.15, 0.2) is 47.4 Å². The van der Waals surface area contributed by atoms with Crippen molar-refractivity contribution in [1.29, 1.82) is 0 Å². The normalized spacial score (nSPS) is 18.1. The minimum Gasteiger partial charge on any atom is -0.325 e. The van der Waals surface area contributed by atoms with E-state index in [0.717, 1.165) is 24.8 Å². The number of aryl methyl sites for hydroxylation is 1. The molecule has 1 saturated heterocycles. The first-order valence-corrected chi connectivity index (χ1v) is 12.4. The van der Waals surface area contributed by atoms with Crippen LogP contribution in [0.3, 0.4) is 0 Å². The highest BCUT2D eigenvalue weighted by Crippen LogP contribution is 2.43. The average Bonchev–Trinajstić information content (AvgIpc) is 3.37. The van der Waals surface area contributed by atoms with Gasteiger partial charge in [-0.15, -0.1) is 0 Å². The number of nitrogens with zero attached hydrogens (tertiary/aromatic N) is 2. The molecule has 2 aromatic carbocycles. The molecule has 1 N–H and O–H groups in total. The van der Waals surface area contributed by atoms with Gasteiger partial charge in [0, 0.05) is 24.5 Å². The van der Waals surface area contributed by atoms with Crippen molar-refractivity contribution >= 4 is 33.2 Å². The highest BCUT2D eigenvalue weighted by atomic mass is 32.2. The quantitative estimate of drug-likeness (QED) is 0.724. The molecule has 32 heavy (non-hydrogen) atoms. The molecule has 2 heterocycles. The second-order valence-corrected chi connectivity index (χ2v) is 10.8. The third-order valence-electron chi connectivity index (χ3n) is 6.34. The first kappa shape index (κ1) is 22.5. The van der Waals surface area contributed by atoms with Crippen LogP contribution in [-0.2, 0) is 31.4 Å². The summed E-state index contributed by atoms with van der Waals surface area (Å²) in [6, 6.07) is 12.4. The van der Waals surface area contributed by atoms with Crippen LogP contribution in [0.5, 0.6) is 0 Å². The molecule has 2 aromatic rings. The van der Waals surface area contributed by atoms with E-state index in [4.69, 9.17) is 0 Å². The second kappa shape index (κ2) is 8.33. The number of benzene rings is 2. The van der Waals surface area contributed by atoms with Gasteiger partial charge in [0.2, 0.25) is 21.8 Å². The van der Waals surface area contributed by atoms with Gasteiger partial charge in [0.05, 0.1) is 10.3 Å². The van der Waals surface area contributed by atoms with Crippen molar-refractivity contribution in [3.8, 4) is 0 Å². The summed E-state index contributed by atoms with van der Waals surface area (Å²) >= 11 is 0. The maximum absolute atomic E-state index is 13.2. The zero-order valence-electron chi connectivity index (χ0n) is 18.7. The van der Waals surface area contributed by atoms with Gasteiger partial charge in [0.25, 0.3) is 0 Å². The molecule has 2 aliphatic rings. The molecule has 7 nitrogen and oxygen atoms in total. The molecule has 4 rings (SSSR count). The van der Waals surface area contributed by atoms with Crippen LogP contribution < -0.4 is 10.2 Å². The predicted molar refractivity (Wildman–Crippen MR) is 124 cm³/mol. The van der Waals surface area contributed by atoms with Crippen LogP contribution in [0.4, 0.5) is 11.4 Å².